The number of nitrogens with one attached hydrogen (secondary N) is 2. The predicted octanol–water partition coefficient (Wildman–Crippen LogP) is 3.72. The standard InChI is InChI=1S/C22H28N4O2.HI/c1-16-7-4-5-10-20(16)21-15-26(11-12-28-21)22(23-3)24-14-18-8-6-9-19(13-18)25-17(2)27;/h4-10,13,21H,11-12,14-15H2,1-3H3,(H,23,24)(H,25,27);1H. The predicted molar refractivity (Wildman–Crippen MR) is 128 cm³/mol. The summed E-state index contributed by atoms with van der Waals surface area (Å²) in [4.78, 5) is 17.9. The molecule has 1 unspecified atom stereocenters. The van der Waals surface area contributed by atoms with Crippen LogP contribution >= 0.6 is 24.0 Å². The number of morpholine rings is 1. The molecule has 2 N–H and O–H groups in total. The van der Waals surface area contributed by atoms with Gasteiger partial charge in [0, 0.05) is 32.7 Å². The lowest BCUT2D eigenvalue weighted by atomic mass is 10.0. The zero-order chi connectivity index (χ0) is 19.9. The maximum absolute atomic E-state index is 11.3. The molecule has 0 saturated carbocycles. The van der Waals surface area contributed by atoms with E-state index in [1.54, 1.807) is 7.05 Å². The van der Waals surface area contributed by atoms with Crippen molar-refractivity contribution in [1.29, 1.82) is 0 Å². The van der Waals surface area contributed by atoms with Crippen molar-refractivity contribution in [3.8, 4) is 0 Å². The summed E-state index contributed by atoms with van der Waals surface area (Å²) in [6, 6.07) is 16.2. The first kappa shape index (κ1) is 23.2. The molecular weight excluding hydrogens is 479 g/mol. The minimum absolute atomic E-state index is 0. The van der Waals surface area contributed by atoms with Crippen molar-refractivity contribution < 1.29 is 9.53 Å². The van der Waals surface area contributed by atoms with Crippen LogP contribution in [0.3, 0.4) is 0 Å². The number of hydrogen-bond donors (Lipinski definition) is 2. The zero-order valence-corrected chi connectivity index (χ0v) is 19.5. The van der Waals surface area contributed by atoms with Crippen LogP contribution in [0.5, 0.6) is 0 Å². The molecule has 0 radical (unpaired) electrons. The Morgan fingerprint density at radius 2 is 2.03 bits per heavy atom. The van der Waals surface area contributed by atoms with E-state index in [4.69, 9.17) is 4.74 Å². The monoisotopic (exact) mass is 508 g/mol. The summed E-state index contributed by atoms with van der Waals surface area (Å²) >= 11 is 0. The number of carbonyl (C=O) groups excluding carboxylic acids is 1. The van der Waals surface area contributed by atoms with Gasteiger partial charge in [0.25, 0.3) is 0 Å². The fraction of sp³-hybridized carbons (Fsp3) is 0.364. The van der Waals surface area contributed by atoms with Crippen molar-refractivity contribution in [2.75, 3.05) is 32.1 Å². The van der Waals surface area contributed by atoms with Crippen LogP contribution in [0.2, 0.25) is 0 Å². The first-order valence-corrected chi connectivity index (χ1v) is 9.56. The smallest absolute Gasteiger partial charge is 0.221 e. The Morgan fingerprint density at radius 3 is 2.76 bits per heavy atom. The molecule has 0 aliphatic carbocycles. The second-order valence-electron chi connectivity index (χ2n) is 6.94. The number of aliphatic imine (C=N–C) groups is 1. The van der Waals surface area contributed by atoms with Gasteiger partial charge < -0.3 is 20.3 Å². The van der Waals surface area contributed by atoms with Gasteiger partial charge in [0.1, 0.15) is 6.10 Å². The third kappa shape index (κ3) is 6.43. The van der Waals surface area contributed by atoms with Crippen molar-refractivity contribution >= 4 is 41.5 Å². The molecule has 0 aromatic heterocycles. The molecule has 1 saturated heterocycles. The van der Waals surface area contributed by atoms with E-state index in [1.165, 1.54) is 18.1 Å². The molecule has 1 amide bonds. The van der Waals surface area contributed by atoms with Crippen LogP contribution < -0.4 is 10.6 Å². The molecule has 29 heavy (non-hydrogen) atoms. The number of aryl methyl sites for hydroxylation is 1. The Labute approximate surface area is 189 Å². The number of guanidine groups is 1. The normalized spacial score (nSPS) is 16.7. The molecule has 7 heteroatoms. The number of anilines is 1. The summed E-state index contributed by atoms with van der Waals surface area (Å²) < 4.78 is 6.02. The molecule has 6 nitrogen and oxygen atoms in total. The molecule has 0 bridgehead atoms. The van der Waals surface area contributed by atoms with Crippen LogP contribution in [0, 0.1) is 6.92 Å². The highest BCUT2D eigenvalue weighted by atomic mass is 127. The number of halogens is 1. The Kier molecular flexibility index (Phi) is 8.91. The van der Waals surface area contributed by atoms with E-state index in [1.807, 2.05) is 24.3 Å². The first-order valence-electron chi connectivity index (χ1n) is 9.56. The number of amides is 1. The Bertz CT molecular complexity index is 856. The van der Waals surface area contributed by atoms with Crippen LogP contribution in [0.25, 0.3) is 0 Å². The largest absolute Gasteiger partial charge is 0.370 e. The lowest BCUT2D eigenvalue weighted by Gasteiger charge is -2.35. The van der Waals surface area contributed by atoms with Gasteiger partial charge in [-0.05, 0) is 35.7 Å². The number of nitrogens with zero attached hydrogens (tertiary/aromatic N) is 2. The van der Waals surface area contributed by atoms with Crippen LogP contribution in [-0.4, -0.2) is 43.5 Å². The van der Waals surface area contributed by atoms with Gasteiger partial charge in [-0.25, -0.2) is 0 Å². The van der Waals surface area contributed by atoms with E-state index in [2.05, 4.69) is 51.7 Å². The molecule has 1 aliphatic heterocycles. The lowest BCUT2D eigenvalue weighted by molar-refractivity contribution is -0.114. The highest BCUT2D eigenvalue weighted by Gasteiger charge is 2.25. The van der Waals surface area contributed by atoms with Gasteiger partial charge >= 0.3 is 0 Å². The molecule has 2 aromatic rings. The van der Waals surface area contributed by atoms with Crippen molar-refractivity contribution in [3.63, 3.8) is 0 Å². The third-order valence-corrected chi connectivity index (χ3v) is 4.81. The van der Waals surface area contributed by atoms with Gasteiger partial charge in [-0.15, -0.1) is 24.0 Å². The van der Waals surface area contributed by atoms with Gasteiger partial charge in [0.15, 0.2) is 5.96 Å². The quantitative estimate of drug-likeness (QED) is 0.376. The van der Waals surface area contributed by atoms with Gasteiger partial charge in [0.05, 0.1) is 13.2 Å². The van der Waals surface area contributed by atoms with Crippen LogP contribution in [0.1, 0.15) is 29.7 Å². The highest BCUT2D eigenvalue weighted by molar-refractivity contribution is 14.0. The van der Waals surface area contributed by atoms with E-state index in [-0.39, 0.29) is 36.0 Å². The van der Waals surface area contributed by atoms with Crippen LogP contribution in [0.15, 0.2) is 53.5 Å². The number of ether oxygens (including phenoxy) is 1. The third-order valence-electron chi connectivity index (χ3n) is 4.81. The Hall–Kier alpha value is -2.13. The van der Waals surface area contributed by atoms with Crippen LogP contribution in [-0.2, 0) is 16.1 Å². The SMILES string of the molecule is CN=C(NCc1cccc(NC(C)=O)c1)N1CCOC(c2ccccc2C)C1.I. The number of benzene rings is 2. The van der Waals surface area contributed by atoms with Crippen molar-refractivity contribution in [3.05, 3.63) is 65.2 Å². The van der Waals surface area contributed by atoms with Crippen LogP contribution in [0.4, 0.5) is 5.69 Å². The molecule has 1 aliphatic rings. The minimum Gasteiger partial charge on any atom is -0.370 e. The summed E-state index contributed by atoms with van der Waals surface area (Å²) in [5.41, 5.74) is 4.35. The molecule has 1 heterocycles. The maximum Gasteiger partial charge on any atom is 0.221 e. The molecule has 0 spiro atoms. The minimum atomic E-state index is -0.0727. The molecule has 156 valence electrons. The second-order valence-corrected chi connectivity index (χ2v) is 6.94. The van der Waals surface area contributed by atoms with E-state index >= 15 is 0 Å². The van der Waals surface area contributed by atoms with Gasteiger partial charge in [-0.3, -0.25) is 9.79 Å². The fourth-order valence-electron chi connectivity index (χ4n) is 3.45. The molecule has 1 fully saturated rings. The van der Waals surface area contributed by atoms with E-state index in [9.17, 15) is 4.79 Å². The summed E-state index contributed by atoms with van der Waals surface area (Å²) in [5.74, 6) is 0.781. The summed E-state index contributed by atoms with van der Waals surface area (Å²) in [6.45, 7) is 6.48. The maximum atomic E-state index is 11.3. The summed E-state index contributed by atoms with van der Waals surface area (Å²) in [5, 5.41) is 6.25. The molecule has 3 rings (SSSR count). The molecule has 2 aromatic carbocycles. The molecule has 1 atom stereocenters. The average Bonchev–Trinajstić information content (AvgIpc) is 2.69. The Morgan fingerprint density at radius 1 is 1.24 bits per heavy atom. The number of rotatable bonds is 4. The number of hydrogen-bond acceptors (Lipinski definition) is 3. The van der Waals surface area contributed by atoms with Crippen molar-refractivity contribution in [2.24, 2.45) is 4.99 Å². The summed E-state index contributed by atoms with van der Waals surface area (Å²) in [7, 11) is 1.80. The Balaban J connectivity index is 0.00000300. The topological polar surface area (TPSA) is 66.0 Å². The fourth-order valence-corrected chi connectivity index (χ4v) is 3.45. The number of carbonyl (C=O) groups is 1. The van der Waals surface area contributed by atoms with Crippen molar-refractivity contribution in [2.45, 2.75) is 26.5 Å². The highest BCUT2D eigenvalue weighted by Crippen LogP contribution is 2.25. The zero-order valence-electron chi connectivity index (χ0n) is 17.1. The second kappa shape index (κ2) is 11.2. The van der Waals surface area contributed by atoms with Gasteiger partial charge in [0.2, 0.25) is 5.91 Å². The van der Waals surface area contributed by atoms with E-state index < -0.39 is 0 Å². The van der Waals surface area contributed by atoms with E-state index in [0.717, 1.165) is 30.3 Å². The first-order chi connectivity index (χ1) is 13.6. The molecular formula is C22H29IN4O2. The average molecular weight is 508 g/mol. The summed E-state index contributed by atoms with van der Waals surface area (Å²) in [6.07, 6.45) is 0.0385. The van der Waals surface area contributed by atoms with Crippen molar-refractivity contribution in [1.82, 2.24) is 10.2 Å². The van der Waals surface area contributed by atoms with Gasteiger partial charge in [-0.1, -0.05) is 36.4 Å². The van der Waals surface area contributed by atoms with E-state index in [0.29, 0.717) is 13.2 Å². The van der Waals surface area contributed by atoms with Gasteiger partial charge in [-0.2, -0.15) is 0 Å². The lowest BCUT2D eigenvalue weighted by Crippen LogP contribution is -2.48.